The summed E-state index contributed by atoms with van der Waals surface area (Å²) in [4.78, 5) is 24.1. The first-order valence-electron chi connectivity index (χ1n) is 11.9. The fraction of sp³-hybridized carbons (Fsp3) is 0.222. The van der Waals surface area contributed by atoms with Gasteiger partial charge in [0.2, 0.25) is 5.91 Å². The average Bonchev–Trinajstić information content (AvgIpc) is 3.61. The average molecular weight is 531 g/mol. The minimum absolute atomic E-state index is 0.205. The molecule has 0 spiro atoms. The van der Waals surface area contributed by atoms with E-state index in [0.717, 1.165) is 29.0 Å². The van der Waals surface area contributed by atoms with Gasteiger partial charge in [-0.15, -0.1) is 11.3 Å². The highest BCUT2D eigenvalue weighted by molar-refractivity contribution is 7.13. The van der Waals surface area contributed by atoms with Gasteiger partial charge >= 0.3 is 0 Å². The summed E-state index contributed by atoms with van der Waals surface area (Å²) in [7, 11) is 0. The number of aromatic nitrogens is 4. The standard InChI is InChI=1S/C27H20F2N6O2S/c1-14-24(15(2)37-33-14)16-8-9-34-22(10-16)32-25(26(34)27-31-17(12-30)13-38-27)21-4-3-5-23(36)35(21)18-6-7-19(28)20(29)11-18/h6-11,13,21H,3-5H2,1-2H3. The molecule has 38 heavy (non-hydrogen) atoms. The molecule has 0 saturated carbocycles. The maximum atomic E-state index is 14.2. The number of nitriles is 1. The van der Waals surface area contributed by atoms with Crippen molar-refractivity contribution >= 4 is 28.6 Å². The van der Waals surface area contributed by atoms with Crippen molar-refractivity contribution in [2.75, 3.05) is 4.90 Å². The third kappa shape index (κ3) is 3.85. The predicted octanol–water partition coefficient (Wildman–Crippen LogP) is 6.14. The number of nitrogens with zero attached hydrogens (tertiary/aromatic N) is 6. The Hall–Kier alpha value is -4.43. The molecule has 0 aliphatic carbocycles. The van der Waals surface area contributed by atoms with Crippen molar-refractivity contribution in [3.8, 4) is 27.9 Å². The number of piperidine rings is 1. The molecule has 0 N–H and O–H groups in total. The second-order valence-electron chi connectivity index (χ2n) is 9.11. The molecule has 0 radical (unpaired) electrons. The minimum Gasteiger partial charge on any atom is -0.361 e. The van der Waals surface area contributed by atoms with E-state index in [1.165, 1.54) is 22.3 Å². The molecule has 1 aliphatic rings. The number of thiazole rings is 1. The molecule has 1 unspecified atom stereocenters. The van der Waals surface area contributed by atoms with Crippen LogP contribution >= 0.6 is 11.3 Å². The lowest BCUT2D eigenvalue weighted by atomic mass is 9.96. The van der Waals surface area contributed by atoms with E-state index >= 15 is 0 Å². The largest absolute Gasteiger partial charge is 0.361 e. The maximum Gasteiger partial charge on any atom is 0.227 e. The summed E-state index contributed by atoms with van der Waals surface area (Å²) < 4.78 is 35.1. The molecule has 6 rings (SSSR count). The molecule has 1 aromatic carbocycles. The highest BCUT2D eigenvalue weighted by Gasteiger charge is 2.36. The molecule has 4 aromatic heterocycles. The number of pyridine rings is 1. The Balaban J connectivity index is 1.57. The molecular formula is C27H20F2N6O2S. The van der Waals surface area contributed by atoms with Gasteiger partial charge in [0.25, 0.3) is 0 Å². The quantitative estimate of drug-likeness (QED) is 0.277. The summed E-state index contributed by atoms with van der Waals surface area (Å²) in [6, 6.07) is 8.80. The number of hydrogen-bond acceptors (Lipinski definition) is 7. The zero-order valence-electron chi connectivity index (χ0n) is 20.4. The summed E-state index contributed by atoms with van der Waals surface area (Å²) in [6.45, 7) is 3.71. The number of imidazole rings is 1. The monoisotopic (exact) mass is 530 g/mol. The number of anilines is 1. The number of hydrogen-bond donors (Lipinski definition) is 0. The van der Waals surface area contributed by atoms with Crippen LogP contribution in [0, 0.1) is 36.8 Å². The normalized spacial score (nSPS) is 15.8. The lowest BCUT2D eigenvalue weighted by Crippen LogP contribution is -2.38. The molecule has 8 nitrogen and oxygen atoms in total. The van der Waals surface area contributed by atoms with E-state index in [1.54, 1.807) is 5.38 Å². The van der Waals surface area contributed by atoms with Crippen molar-refractivity contribution in [1.29, 1.82) is 5.26 Å². The van der Waals surface area contributed by atoms with Crippen LogP contribution in [0.5, 0.6) is 0 Å². The van der Waals surface area contributed by atoms with Crippen LogP contribution in [-0.2, 0) is 4.79 Å². The van der Waals surface area contributed by atoms with E-state index in [0.29, 0.717) is 40.6 Å². The Morgan fingerprint density at radius 2 is 2.00 bits per heavy atom. The third-order valence-electron chi connectivity index (χ3n) is 6.74. The first kappa shape index (κ1) is 23.9. The van der Waals surface area contributed by atoms with Crippen molar-refractivity contribution in [2.24, 2.45) is 0 Å². The SMILES string of the molecule is Cc1noc(C)c1-c1ccn2c(-c3nc(C#N)cs3)c(C3CCCC(=O)N3c3ccc(F)c(F)c3)nc2c1. The van der Waals surface area contributed by atoms with Crippen LogP contribution in [0.15, 0.2) is 46.4 Å². The van der Waals surface area contributed by atoms with Gasteiger partial charge in [0.15, 0.2) is 17.3 Å². The fourth-order valence-electron chi connectivity index (χ4n) is 5.08. The van der Waals surface area contributed by atoms with Gasteiger partial charge in [0, 0.05) is 35.3 Å². The Morgan fingerprint density at radius 3 is 2.71 bits per heavy atom. The Kier molecular flexibility index (Phi) is 5.76. The molecule has 1 saturated heterocycles. The maximum absolute atomic E-state index is 14.2. The third-order valence-corrected chi connectivity index (χ3v) is 7.59. The molecule has 5 aromatic rings. The number of fused-ring (bicyclic) bond motifs is 1. The number of amides is 1. The van der Waals surface area contributed by atoms with Crippen LogP contribution < -0.4 is 4.90 Å². The van der Waals surface area contributed by atoms with Crippen LogP contribution in [0.4, 0.5) is 14.5 Å². The second kappa shape index (κ2) is 9.15. The van der Waals surface area contributed by atoms with E-state index < -0.39 is 17.7 Å². The lowest BCUT2D eigenvalue weighted by Gasteiger charge is -2.35. The van der Waals surface area contributed by atoms with E-state index in [-0.39, 0.29) is 23.7 Å². The van der Waals surface area contributed by atoms with E-state index in [9.17, 15) is 18.8 Å². The first-order chi connectivity index (χ1) is 18.4. The topological polar surface area (TPSA) is 100 Å². The lowest BCUT2D eigenvalue weighted by molar-refractivity contribution is -0.120. The van der Waals surface area contributed by atoms with Crippen LogP contribution in [0.3, 0.4) is 0 Å². The van der Waals surface area contributed by atoms with Crippen molar-refractivity contribution in [3.63, 3.8) is 0 Å². The molecule has 190 valence electrons. The van der Waals surface area contributed by atoms with Gasteiger partial charge in [-0.25, -0.2) is 18.7 Å². The highest BCUT2D eigenvalue weighted by Crippen LogP contribution is 2.41. The molecule has 1 aliphatic heterocycles. The Morgan fingerprint density at radius 1 is 1.16 bits per heavy atom. The molecule has 1 fully saturated rings. The zero-order valence-corrected chi connectivity index (χ0v) is 21.2. The summed E-state index contributed by atoms with van der Waals surface area (Å²) >= 11 is 1.30. The van der Waals surface area contributed by atoms with E-state index in [2.05, 4.69) is 16.2 Å². The van der Waals surface area contributed by atoms with Crippen LogP contribution in [0.1, 0.15) is 48.1 Å². The molecule has 0 bridgehead atoms. The van der Waals surface area contributed by atoms with Crippen molar-refractivity contribution in [1.82, 2.24) is 19.5 Å². The molecule has 1 amide bonds. The molecule has 5 heterocycles. The van der Waals surface area contributed by atoms with Gasteiger partial charge in [0.05, 0.1) is 17.4 Å². The number of rotatable bonds is 4. The van der Waals surface area contributed by atoms with Gasteiger partial charge in [0.1, 0.15) is 28.2 Å². The van der Waals surface area contributed by atoms with Gasteiger partial charge < -0.3 is 9.42 Å². The van der Waals surface area contributed by atoms with Crippen molar-refractivity contribution in [2.45, 2.75) is 39.2 Å². The zero-order chi connectivity index (χ0) is 26.6. The summed E-state index contributed by atoms with van der Waals surface area (Å²) in [5, 5.41) is 15.7. The predicted molar refractivity (Wildman–Crippen MR) is 136 cm³/mol. The van der Waals surface area contributed by atoms with E-state index in [4.69, 9.17) is 9.51 Å². The summed E-state index contributed by atoms with van der Waals surface area (Å²) in [6.07, 6.45) is 3.32. The highest BCUT2D eigenvalue weighted by atomic mass is 32.1. The first-order valence-corrected chi connectivity index (χ1v) is 12.8. The van der Waals surface area contributed by atoms with Gasteiger partial charge in [-0.3, -0.25) is 9.20 Å². The second-order valence-corrected chi connectivity index (χ2v) is 9.97. The van der Waals surface area contributed by atoms with Gasteiger partial charge in [-0.1, -0.05) is 5.16 Å². The number of carbonyl (C=O) groups excluding carboxylic acids is 1. The van der Waals surface area contributed by atoms with Crippen LogP contribution in [0.25, 0.3) is 27.5 Å². The number of benzene rings is 1. The summed E-state index contributed by atoms with van der Waals surface area (Å²) in [5.41, 5.74) is 4.83. The van der Waals surface area contributed by atoms with Crippen LogP contribution in [-0.4, -0.2) is 25.4 Å². The number of halogens is 2. The van der Waals surface area contributed by atoms with Crippen molar-refractivity contribution in [3.05, 3.63) is 76.4 Å². The Labute approximate surface area is 219 Å². The Bertz CT molecular complexity index is 1750. The minimum atomic E-state index is -1.03. The van der Waals surface area contributed by atoms with E-state index in [1.807, 2.05) is 36.6 Å². The smallest absolute Gasteiger partial charge is 0.227 e. The number of aryl methyl sites for hydroxylation is 2. The fourth-order valence-corrected chi connectivity index (χ4v) is 5.87. The molecule has 1 atom stereocenters. The summed E-state index contributed by atoms with van der Waals surface area (Å²) in [5.74, 6) is -1.54. The van der Waals surface area contributed by atoms with Gasteiger partial charge in [-0.05, 0) is 56.5 Å². The number of carbonyl (C=O) groups is 1. The van der Waals surface area contributed by atoms with Crippen LogP contribution in [0.2, 0.25) is 0 Å². The van der Waals surface area contributed by atoms with Crippen molar-refractivity contribution < 1.29 is 18.1 Å². The molecular weight excluding hydrogens is 510 g/mol. The molecule has 11 heteroatoms. The van der Waals surface area contributed by atoms with Gasteiger partial charge in [-0.2, -0.15) is 5.26 Å².